The van der Waals surface area contributed by atoms with Crippen molar-refractivity contribution in [3.05, 3.63) is 65.1 Å². The lowest BCUT2D eigenvalue weighted by Gasteiger charge is -2.36. The lowest BCUT2D eigenvalue weighted by Crippen LogP contribution is -2.45. The fraction of sp³-hybridized carbons (Fsp3) is 0.348. The second-order valence-electron chi connectivity index (χ2n) is 7.77. The minimum atomic E-state index is -0.215. The molecule has 0 aliphatic carbocycles. The maximum absolute atomic E-state index is 12.9. The molecule has 31 heavy (non-hydrogen) atoms. The van der Waals surface area contributed by atoms with Crippen molar-refractivity contribution in [2.75, 3.05) is 23.3 Å². The van der Waals surface area contributed by atoms with Crippen LogP contribution in [-0.2, 0) is 11.2 Å². The van der Waals surface area contributed by atoms with E-state index in [9.17, 15) is 4.79 Å². The van der Waals surface area contributed by atoms with Crippen molar-refractivity contribution < 1.29 is 9.53 Å². The Labute approximate surface area is 187 Å². The first-order valence-corrected chi connectivity index (χ1v) is 10.8. The van der Waals surface area contributed by atoms with Crippen molar-refractivity contribution in [2.45, 2.75) is 39.4 Å². The molecule has 162 valence electrons. The maximum Gasteiger partial charge on any atom is 0.259 e. The second kappa shape index (κ2) is 9.08. The van der Waals surface area contributed by atoms with Crippen molar-refractivity contribution in [1.82, 2.24) is 14.8 Å². The fourth-order valence-corrected chi connectivity index (χ4v) is 4.13. The second-order valence-corrected chi connectivity index (χ2v) is 8.21. The Morgan fingerprint density at radius 3 is 2.61 bits per heavy atom. The Bertz CT molecular complexity index is 1060. The van der Waals surface area contributed by atoms with E-state index >= 15 is 0 Å². The number of hydrogen-bond acceptors (Lipinski definition) is 5. The average Bonchev–Trinajstić information content (AvgIpc) is 3.18. The Kier molecular flexibility index (Phi) is 6.25. The van der Waals surface area contributed by atoms with Crippen LogP contribution in [0.1, 0.15) is 36.8 Å². The average molecular weight is 440 g/mol. The van der Waals surface area contributed by atoms with Gasteiger partial charge in [0.15, 0.2) is 0 Å². The van der Waals surface area contributed by atoms with Gasteiger partial charge in [0.05, 0.1) is 47.2 Å². The molecule has 1 fully saturated rings. The van der Waals surface area contributed by atoms with Gasteiger partial charge >= 0.3 is 0 Å². The molecule has 1 aromatic carbocycles. The lowest BCUT2D eigenvalue weighted by atomic mass is 10.2. The summed E-state index contributed by atoms with van der Waals surface area (Å²) in [7, 11) is 0. The van der Waals surface area contributed by atoms with E-state index in [0.717, 1.165) is 30.3 Å². The number of pyridine rings is 1. The minimum Gasteiger partial charge on any atom is -0.372 e. The van der Waals surface area contributed by atoms with Crippen LogP contribution in [0, 0.1) is 0 Å². The van der Waals surface area contributed by atoms with E-state index in [2.05, 4.69) is 34.1 Å². The van der Waals surface area contributed by atoms with E-state index in [1.54, 1.807) is 17.1 Å². The molecule has 4 rings (SSSR count). The van der Waals surface area contributed by atoms with Gasteiger partial charge in [-0.05, 0) is 50.6 Å². The van der Waals surface area contributed by atoms with Crippen molar-refractivity contribution in [1.29, 1.82) is 0 Å². The third-order valence-corrected chi connectivity index (χ3v) is 5.49. The molecule has 3 aromatic rings. The van der Waals surface area contributed by atoms with Crippen LogP contribution in [-0.4, -0.2) is 46.0 Å². The minimum absolute atomic E-state index is 0.161. The van der Waals surface area contributed by atoms with Crippen LogP contribution in [0.3, 0.4) is 0 Å². The topological polar surface area (TPSA) is 72.3 Å². The number of nitrogens with zero attached hydrogens (tertiary/aromatic N) is 4. The first kappa shape index (κ1) is 21.3. The summed E-state index contributed by atoms with van der Waals surface area (Å²) >= 11 is 6.11. The van der Waals surface area contributed by atoms with Crippen LogP contribution in [0.15, 0.2) is 48.8 Å². The zero-order valence-corrected chi connectivity index (χ0v) is 18.6. The largest absolute Gasteiger partial charge is 0.372 e. The highest BCUT2D eigenvalue weighted by molar-refractivity contribution is 6.30. The Morgan fingerprint density at radius 2 is 1.97 bits per heavy atom. The van der Waals surface area contributed by atoms with Crippen molar-refractivity contribution >= 4 is 29.0 Å². The number of rotatable bonds is 5. The number of aromatic nitrogens is 3. The normalized spacial score (nSPS) is 18.8. The molecule has 1 aliphatic heterocycles. The Balaban J connectivity index is 1.50. The van der Waals surface area contributed by atoms with Crippen molar-refractivity contribution in [2.24, 2.45) is 0 Å². The SMILES string of the molecule is CCc1c(C(=O)Nc2ccc(N3CC(C)OC(C)C3)nc2)cnn1-c1cccc(Cl)c1. The Morgan fingerprint density at radius 1 is 1.19 bits per heavy atom. The predicted molar refractivity (Wildman–Crippen MR) is 122 cm³/mol. The van der Waals surface area contributed by atoms with Gasteiger partial charge in [-0.1, -0.05) is 24.6 Å². The quantitative estimate of drug-likeness (QED) is 0.639. The van der Waals surface area contributed by atoms with Crippen LogP contribution < -0.4 is 10.2 Å². The number of hydrogen-bond donors (Lipinski definition) is 1. The summed E-state index contributed by atoms with van der Waals surface area (Å²) in [6, 6.07) is 11.2. The van der Waals surface area contributed by atoms with Crippen molar-refractivity contribution in [3.8, 4) is 5.69 Å². The molecule has 8 heteroatoms. The van der Waals surface area contributed by atoms with E-state index in [4.69, 9.17) is 16.3 Å². The molecule has 7 nitrogen and oxygen atoms in total. The van der Waals surface area contributed by atoms with Gasteiger partial charge in [-0.2, -0.15) is 5.10 Å². The molecule has 2 unspecified atom stereocenters. The first-order valence-electron chi connectivity index (χ1n) is 10.4. The molecule has 2 aromatic heterocycles. The van der Waals surface area contributed by atoms with Crippen LogP contribution in [0.5, 0.6) is 0 Å². The third kappa shape index (κ3) is 4.73. The number of morpholine rings is 1. The molecular weight excluding hydrogens is 414 g/mol. The van der Waals surface area contributed by atoms with Gasteiger partial charge in [0, 0.05) is 18.1 Å². The molecular formula is C23H26ClN5O2. The summed E-state index contributed by atoms with van der Waals surface area (Å²) in [6.45, 7) is 7.71. The first-order chi connectivity index (χ1) is 14.9. The summed E-state index contributed by atoms with van der Waals surface area (Å²) in [6.07, 6.45) is 4.25. The summed E-state index contributed by atoms with van der Waals surface area (Å²) in [5.74, 6) is 0.663. The van der Waals surface area contributed by atoms with Gasteiger partial charge in [0.2, 0.25) is 0 Å². The molecule has 1 amide bonds. The van der Waals surface area contributed by atoms with Gasteiger partial charge < -0.3 is 15.0 Å². The number of carbonyl (C=O) groups is 1. The number of amides is 1. The zero-order chi connectivity index (χ0) is 22.0. The van der Waals surface area contributed by atoms with Crippen LogP contribution in [0.25, 0.3) is 5.69 Å². The number of ether oxygens (including phenoxy) is 1. The van der Waals surface area contributed by atoms with E-state index in [-0.39, 0.29) is 18.1 Å². The van der Waals surface area contributed by atoms with Crippen LogP contribution in [0.4, 0.5) is 11.5 Å². The number of carbonyl (C=O) groups excluding carboxylic acids is 1. The third-order valence-electron chi connectivity index (χ3n) is 5.25. The molecule has 1 N–H and O–H groups in total. The fourth-order valence-electron chi connectivity index (χ4n) is 3.94. The monoisotopic (exact) mass is 439 g/mol. The van der Waals surface area contributed by atoms with Gasteiger partial charge in [-0.25, -0.2) is 9.67 Å². The van der Waals surface area contributed by atoms with Crippen LogP contribution in [0.2, 0.25) is 5.02 Å². The number of nitrogens with one attached hydrogen (secondary N) is 1. The van der Waals surface area contributed by atoms with E-state index < -0.39 is 0 Å². The highest BCUT2D eigenvalue weighted by Gasteiger charge is 2.23. The van der Waals surface area contributed by atoms with Gasteiger partial charge in [0.1, 0.15) is 5.82 Å². The standard InChI is InChI=1S/C23H26ClN5O2/c1-4-21-20(12-26-29(21)19-7-5-6-17(24)10-19)23(30)27-18-8-9-22(25-11-18)28-13-15(2)31-16(3)14-28/h5-12,15-16H,4,13-14H2,1-3H3,(H,27,30). The molecule has 0 bridgehead atoms. The van der Waals surface area contributed by atoms with Crippen LogP contribution >= 0.6 is 11.6 Å². The maximum atomic E-state index is 12.9. The van der Waals surface area contributed by atoms with E-state index in [1.807, 2.05) is 43.3 Å². The van der Waals surface area contributed by atoms with Gasteiger partial charge in [-0.15, -0.1) is 0 Å². The van der Waals surface area contributed by atoms with Gasteiger partial charge in [0.25, 0.3) is 5.91 Å². The molecule has 3 heterocycles. The highest BCUT2D eigenvalue weighted by atomic mass is 35.5. The molecule has 0 saturated carbocycles. The highest BCUT2D eigenvalue weighted by Crippen LogP contribution is 2.22. The van der Waals surface area contributed by atoms with E-state index in [0.29, 0.717) is 22.7 Å². The number of halogens is 1. The lowest BCUT2D eigenvalue weighted by molar-refractivity contribution is -0.00545. The number of anilines is 2. The van der Waals surface area contributed by atoms with E-state index in [1.165, 1.54) is 0 Å². The summed E-state index contributed by atoms with van der Waals surface area (Å²) < 4.78 is 7.54. The van der Waals surface area contributed by atoms with Gasteiger partial charge in [-0.3, -0.25) is 4.79 Å². The van der Waals surface area contributed by atoms with Crippen molar-refractivity contribution in [3.63, 3.8) is 0 Å². The molecule has 2 atom stereocenters. The predicted octanol–water partition coefficient (Wildman–Crippen LogP) is 4.35. The summed E-state index contributed by atoms with van der Waals surface area (Å²) in [5, 5.41) is 7.97. The Hall–Kier alpha value is -2.90. The molecule has 0 radical (unpaired) electrons. The number of benzene rings is 1. The smallest absolute Gasteiger partial charge is 0.259 e. The molecule has 0 spiro atoms. The zero-order valence-electron chi connectivity index (χ0n) is 17.9. The summed E-state index contributed by atoms with van der Waals surface area (Å²) in [5.41, 5.74) is 2.81. The molecule has 1 aliphatic rings. The molecule has 1 saturated heterocycles. The summed E-state index contributed by atoms with van der Waals surface area (Å²) in [4.78, 5) is 19.7.